The first-order valence-electron chi connectivity index (χ1n) is 6.65. The second-order valence-electron chi connectivity index (χ2n) is 4.75. The molecule has 0 aliphatic carbocycles. The molecule has 1 radical (unpaired) electrons. The molecule has 0 amide bonds. The normalized spacial score (nSPS) is 10.9. The van der Waals surface area contributed by atoms with Gasteiger partial charge in [0.15, 0.2) is 0 Å². The number of pyridine rings is 1. The number of nitrogens with zero attached hydrogens (tertiary/aromatic N) is 1. The molecule has 5 heteroatoms. The van der Waals surface area contributed by atoms with E-state index in [9.17, 15) is 13.2 Å². The zero-order valence-electron chi connectivity index (χ0n) is 11.8. The van der Waals surface area contributed by atoms with Crippen molar-refractivity contribution in [2.75, 3.05) is 0 Å². The SMILES string of the molecule is FC(F)(F)c1ccccc1-c1ccc(-c2[c-]cccc2)nc1.[Ir]. The summed E-state index contributed by atoms with van der Waals surface area (Å²) >= 11 is 0. The predicted molar refractivity (Wildman–Crippen MR) is 78.9 cm³/mol. The first kappa shape index (κ1) is 17.4. The number of rotatable bonds is 2. The Morgan fingerprint density at radius 3 is 2.22 bits per heavy atom. The van der Waals surface area contributed by atoms with Crippen molar-refractivity contribution in [2.24, 2.45) is 0 Å². The second kappa shape index (κ2) is 7.07. The van der Waals surface area contributed by atoms with Gasteiger partial charge in [0.25, 0.3) is 0 Å². The Bertz CT molecular complexity index is 768. The van der Waals surface area contributed by atoms with Crippen LogP contribution in [0.5, 0.6) is 0 Å². The van der Waals surface area contributed by atoms with Gasteiger partial charge in [-0.3, -0.25) is 0 Å². The number of aromatic nitrogens is 1. The Balaban J connectivity index is 0.00000192. The van der Waals surface area contributed by atoms with E-state index < -0.39 is 11.7 Å². The van der Waals surface area contributed by atoms with Gasteiger partial charge >= 0.3 is 6.18 Å². The van der Waals surface area contributed by atoms with Crippen LogP contribution in [0.15, 0.2) is 66.9 Å². The van der Waals surface area contributed by atoms with Gasteiger partial charge in [-0.1, -0.05) is 30.3 Å². The number of alkyl halides is 3. The fraction of sp³-hybridized carbons (Fsp3) is 0.0556. The van der Waals surface area contributed by atoms with Gasteiger partial charge in [-0.2, -0.15) is 13.2 Å². The van der Waals surface area contributed by atoms with Crippen LogP contribution in [0.3, 0.4) is 0 Å². The molecule has 0 fully saturated rings. The van der Waals surface area contributed by atoms with Crippen LogP contribution in [0.4, 0.5) is 13.2 Å². The summed E-state index contributed by atoms with van der Waals surface area (Å²) in [5, 5.41) is 0. The smallest absolute Gasteiger partial charge is 0.304 e. The molecule has 23 heavy (non-hydrogen) atoms. The summed E-state index contributed by atoms with van der Waals surface area (Å²) in [7, 11) is 0. The van der Waals surface area contributed by atoms with Gasteiger partial charge in [-0.15, -0.1) is 35.9 Å². The van der Waals surface area contributed by atoms with E-state index in [0.29, 0.717) is 11.3 Å². The summed E-state index contributed by atoms with van der Waals surface area (Å²) in [6.07, 6.45) is -2.93. The molecule has 1 aromatic heterocycles. The maximum atomic E-state index is 13.1. The Kier molecular flexibility index (Phi) is 5.34. The largest absolute Gasteiger partial charge is 0.417 e. The summed E-state index contributed by atoms with van der Waals surface area (Å²) < 4.78 is 39.2. The van der Waals surface area contributed by atoms with Crippen molar-refractivity contribution in [2.45, 2.75) is 6.18 Å². The van der Waals surface area contributed by atoms with Crippen molar-refractivity contribution < 1.29 is 33.3 Å². The summed E-state index contributed by atoms with van der Waals surface area (Å²) in [5.41, 5.74) is 1.39. The Labute approximate surface area is 145 Å². The van der Waals surface area contributed by atoms with Crippen LogP contribution in [-0.4, -0.2) is 4.98 Å². The van der Waals surface area contributed by atoms with Crippen LogP contribution in [0, 0.1) is 6.07 Å². The average Bonchev–Trinajstić information content (AvgIpc) is 2.55. The van der Waals surface area contributed by atoms with E-state index >= 15 is 0 Å². The molecule has 0 saturated heterocycles. The molecule has 0 aliphatic heterocycles. The van der Waals surface area contributed by atoms with Crippen molar-refractivity contribution in [3.8, 4) is 22.4 Å². The molecule has 0 atom stereocenters. The van der Waals surface area contributed by atoms with Gasteiger partial charge in [0.2, 0.25) is 0 Å². The molecule has 0 spiro atoms. The fourth-order valence-electron chi connectivity index (χ4n) is 2.25. The van der Waals surface area contributed by atoms with E-state index in [-0.39, 0.29) is 25.7 Å². The van der Waals surface area contributed by atoms with E-state index in [1.807, 2.05) is 18.2 Å². The molecular formula is C18H11F3IrN-. The van der Waals surface area contributed by atoms with Crippen molar-refractivity contribution in [3.63, 3.8) is 0 Å². The zero-order chi connectivity index (χ0) is 15.6. The molecule has 3 aromatic rings. The molecule has 0 N–H and O–H groups in total. The van der Waals surface area contributed by atoms with Crippen molar-refractivity contribution in [1.29, 1.82) is 0 Å². The van der Waals surface area contributed by atoms with Crippen LogP contribution in [0.1, 0.15) is 5.56 Å². The summed E-state index contributed by atoms with van der Waals surface area (Å²) in [6.45, 7) is 0. The Morgan fingerprint density at radius 1 is 0.870 bits per heavy atom. The molecule has 0 saturated carbocycles. The van der Waals surface area contributed by atoms with Crippen LogP contribution in [0.2, 0.25) is 0 Å². The fourth-order valence-corrected chi connectivity index (χ4v) is 2.25. The molecule has 0 bridgehead atoms. The Morgan fingerprint density at radius 2 is 1.61 bits per heavy atom. The van der Waals surface area contributed by atoms with Crippen LogP contribution < -0.4 is 0 Å². The van der Waals surface area contributed by atoms with Crippen LogP contribution in [-0.2, 0) is 26.3 Å². The monoisotopic (exact) mass is 491 g/mol. The zero-order valence-corrected chi connectivity index (χ0v) is 14.2. The van der Waals surface area contributed by atoms with Gasteiger partial charge < -0.3 is 4.98 Å². The van der Waals surface area contributed by atoms with Crippen molar-refractivity contribution >= 4 is 0 Å². The predicted octanol–water partition coefficient (Wildman–Crippen LogP) is 5.23. The minimum atomic E-state index is -4.39. The van der Waals surface area contributed by atoms with Gasteiger partial charge in [0.1, 0.15) is 0 Å². The number of hydrogen-bond donors (Lipinski definition) is 0. The van der Waals surface area contributed by atoms with E-state index in [4.69, 9.17) is 0 Å². The van der Waals surface area contributed by atoms with Crippen LogP contribution in [0.25, 0.3) is 22.4 Å². The number of hydrogen-bond acceptors (Lipinski definition) is 1. The van der Waals surface area contributed by atoms with Crippen molar-refractivity contribution in [3.05, 3.63) is 78.5 Å². The summed E-state index contributed by atoms with van der Waals surface area (Å²) in [6, 6.07) is 19.2. The topological polar surface area (TPSA) is 12.9 Å². The third kappa shape index (κ3) is 3.87. The van der Waals surface area contributed by atoms with Gasteiger partial charge in [0.05, 0.1) is 5.56 Å². The minimum Gasteiger partial charge on any atom is -0.304 e. The van der Waals surface area contributed by atoms with Gasteiger partial charge in [-0.25, -0.2) is 0 Å². The number of benzene rings is 2. The van der Waals surface area contributed by atoms with E-state index in [0.717, 1.165) is 11.6 Å². The van der Waals surface area contributed by atoms with Crippen molar-refractivity contribution in [1.82, 2.24) is 4.98 Å². The first-order chi connectivity index (χ1) is 10.6. The molecule has 3 rings (SSSR count). The van der Waals surface area contributed by atoms with Gasteiger partial charge in [0, 0.05) is 26.3 Å². The minimum absolute atomic E-state index is 0. The summed E-state index contributed by atoms with van der Waals surface area (Å²) in [5.74, 6) is 0. The molecule has 0 unspecified atom stereocenters. The summed E-state index contributed by atoms with van der Waals surface area (Å²) in [4.78, 5) is 4.25. The molecule has 119 valence electrons. The Hall–Kier alpha value is -1.97. The van der Waals surface area contributed by atoms with E-state index in [1.54, 1.807) is 24.3 Å². The van der Waals surface area contributed by atoms with E-state index in [1.165, 1.54) is 18.3 Å². The first-order valence-corrected chi connectivity index (χ1v) is 6.65. The van der Waals surface area contributed by atoms with Gasteiger partial charge in [-0.05, 0) is 22.9 Å². The van der Waals surface area contributed by atoms with E-state index in [2.05, 4.69) is 11.1 Å². The molecule has 1 nitrogen and oxygen atoms in total. The molecule has 2 aromatic carbocycles. The quantitative estimate of drug-likeness (QED) is 0.449. The maximum absolute atomic E-state index is 13.1. The van der Waals surface area contributed by atoms with Crippen LogP contribution >= 0.6 is 0 Å². The second-order valence-corrected chi connectivity index (χ2v) is 4.75. The third-order valence-electron chi connectivity index (χ3n) is 3.29. The number of halogens is 3. The maximum Gasteiger partial charge on any atom is 0.417 e. The average molecular weight is 491 g/mol. The third-order valence-corrected chi connectivity index (χ3v) is 3.29. The molecule has 0 aliphatic rings. The standard InChI is InChI=1S/C18H11F3N.Ir/c19-18(20,21)16-9-5-4-8-15(16)14-10-11-17(22-12-14)13-6-2-1-3-7-13;/h1-6,8-12H;/q-1;. The molecular weight excluding hydrogens is 479 g/mol. The molecule has 1 heterocycles.